The highest BCUT2D eigenvalue weighted by Crippen LogP contribution is 2.37. The van der Waals surface area contributed by atoms with E-state index in [1.807, 2.05) is 0 Å². The quantitative estimate of drug-likeness (QED) is 0.398. The third-order valence-corrected chi connectivity index (χ3v) is 5.94. The number of fused-ring (bicyclic) bond motifs is 1. The van der Waals surface area contributed by atoms with Gasteiger partial charge in [-0.1, -0.05) is 24.3 Å². The molecule has 162 valence electrons. The van der Waals surface area contributed by atoms with E-state index in [0.717, 1.165) is 23.5 Å². The maximum Gasteiger partial charge on any atom is 0.416 e. The van der Waals surface area contributed by atoms with Gasteiger partial charge in [0.2, 0.25) is 0 Å². The van der Waals surface area contributed by atoms with Crippen LogP contribution < -0.4 is 15.5 Å². The Morgan fingerprint density at radius 2 is 1.69 bits per heavy atom. The molecular weight excluding hydrogens is 439 g/mol. The van der Waals surface area contributed by atoms with Crippen LogP contribution >= 0.6 is 11.3 Å². The fraction of sp³-hybridized carbons (Fsp3) is 0.0833. The van der Waals surface area contributed by atoms with Crippen molar-refractivity contribution < 1.29 is 22.7 Å². The van der Waals surface area contributed by atoms with Crippen molar-refractivity contribution in [3.8, 4) is 16.9 Å². The summed E-state index contributed by atoms with van der Waals surface area (Å²) < 4.78 is 45.5. The molecule has 1 amide bonds. The average Bonchev–Trinajstić information content (AvgIpc) is 2.79. The topological polar surface area (TPSA) is 55.4 Å². The van der Waals surface area contributed by atoms with E-state index in [9.17, 15) is 22.8 Å². The van der Waals surface area contributed by atoms with E-state index < -0.39 is 23.1 Å². The molecule has 0 aliphatic heterocycles. The highest BCUT2D eigenvalue weighted by atomic mass is 32.1. The molecule has 0 saturated carbocycles. The van der Waals surface area contributed by atoms with Gasteiger partial charge in [-0.3, -0.25) is 9.59 Å². The van der Waals surface area contributed by atoms with E-state index in [0.29, 0.717) is 21.4 Å². The highest BCUT2D eigenvalue weighted by Gasteiger charge is 2.31. The van der Waals surface area contributed by atoms with E-state index in [4.69, 9.17) is 4.74 Å². The molecule has 0 radical (unpaired) electrons. The van der Waals surface area contributed by atoms with Gasteiger partial charge in [0.15, 0.2) is 5.43 Å². The van der Waals surface area contributed by atoms with Crippen molar-refractivity contribution in [1.29, 1.82) is 0 Å². The van der Waals surface area contributed by atoms with Crippen LogP contribution in [0.4, 0.5) is 18.2 Å². The number of rotatable bonds is 4. The van der Waals surface area contributed by atoms with Crippen molar-refractivity contribution in [3.63, 3.8) is 0 Å². The summed E-state index contributed by atoms with van der Waals surface area (Å²) in [5.41, 5.74) is -0.921. The Morgan fingerprint density at radius 3 is 2.38 bits per heavy atom. The summed E-state index contributed by atoms with van der Waals surface area (Å²) in [7, 11) is 1.50. The number of halogens is 3. The minimum Gasteiger partial charge on any atom is -0.497 e. The summed E-state index contributed by atoms with van der Waals surface area (Å²) in [5.74, 6) is 0.0772. The zero-order chi connectivity index (χ0) is 22.9. The van der Waals surface area contributed by atoms with Crippen LogP contribution in [0, 0.1) is 0 Å². The molecule has 3 aromatic carbocycles. The molecule has 0 bridgehead atoms. The number of methoxy groups -OCH3 is 1. The molecule has 4 rings (SSSR count). The van der Waals surface area contributed by atoms with Crippen LogP contribution in [-0.2, 0) is 6.18 Å². The SMILES string of the molecule is COc1ccc(C(=O)Nc2sc3ccccc3c(=O)c2-c2cccc(C(F)(F)F)c2)cc1. The molecule has 1 aromatic heterocycles. The second-order valence-electron chi connectivity index (χ2n) is 6.89. The molecule has 0 saturated heterocycles. The number of alkyl halides is 3. The fourth-order valence-electron chi connectivity index (χ4n) is 3.26. The lowest BCUT2D eigenvalue weighted by atomic mass is 10.0. The Bertz CT molecular complexity index is 1360. The summed E-state index contributed by atoms with van der Waals surface area (Å²) in [5, 5.41) is 3.25. The second-order valence-corrected chi connectivity index (χ2v) is 7.94. The second kappa shape index (κ2) is 8.47. The standard InChI is InChI=1S/C24H16F3NO3S/c1-31-17-11-9-14(10-12-17)22(30)28-23-20(15-5-4-6-16(13-15)24(25,26)27)21(29)18-7-2-3-8-19(18)32-23/h2-13H,1H3,(H,28,30). The molecule has 32 heavy (non-hydrogen) atoms. The third-order valence-electron chi connectivity index (χ3n) is 4.86. The van der Waals surface area contributed by atoms with Crippen molar-refractivity contribution in [2.75, 3.05) is 12.4 Å². The van der Waals surface area contributed by atoms with Crippen LogP contribution in [0.1, 0.15) is 15.9 Å². The first kappa shape index (κ1) is 21.6. The largest absolute Gasteiger partial charge is 0.497 e. The molecule has 1 heterocycles. The number of carbonyl (C=O) groups excluding carboxylic acids is 1. The first-order valence-electron chi connectivity index (χ1n) is 9.47. The van der Waals surface area contributed by atoms with Crippen molar-refractivity contribution in [3.05, 3.63) is 94.1 Å². The summed E-state index contributed by atoms with van der Waals surface area (Å²) >= 11 is 1.13. The molecule has 4 nitrogen and oxygen atoms in total. The molecular formula is C24H16F3NO3S. The first-order valence-corrected chi connectivity index (χ1v) is 10.3. The number of hydrogen-bond donors (Lipinski definition) is 1. The zero-order valence-corrected chi connectivity index (χ0v) is 17.5. The Hall–Kier alpha value is -3.65. The lowest BCUT2D eigenvalue weighted by Gasteiger charge is -2.14. The van der Waals surface area contributed by atoms with Crippen molar-refractivity contribution in [2.24, 2.45) is 0 Å². The van der Waals surface area contributed by atoms with Crippen molar-refractivity contribution in [2.45, 2.75) is 6.18 Å². The van der Waals surface area contributed by atoms with Crippen molar-refractivity contribution >= 4 is 32.3 Å². The van der Waals surface area contributed by atoms with Crippen molar-refractivity contribution in [1.82, 2.24) is 0 Å². The molecule has 0 aliphatic rings. The normalized spacial score (nSPS) is 11.4. The number of anilines is 1. The fourth-order valence-corrected chi connectivity index (χ4v) is 4.35. The summed E-state index contributed by atoms with van der Waals surface area (Å²) in [6.45, 7) is 0. The molecule has 0 unspecified atom stereocenters. The summed E-state index contributed by atoms with van der Waals surface area (Å²) in [6, 6.07) is 17.6. The van der Waals surface area contributed by atoms with Gasteiger partial charge in [0, 0.05) is 15.6 Å². The van der Waals surface area contributed by atoms with Gasteiger partial charge in [-0.2, -0.15) is 13.2 Å². The van der Waals surface area contributed by atoms with Gasteiger partial charge in [-0.05, 0) is 54.1 Å². The number of carbonyl (C=O) groups is 1. The Labute approximate surface area is 184 Å². The lowest BCUT2D eigenvalue weighted by Crippen LogP contribution is -2.16. The zero-order valence-electron chi connectivity index (χ0n) is 16.7. The number of hydrogen-bond acceptors (Lipinski definition) is 4. The predicted molar refractivity (Wildman–Crippen MR) is 119 cm³/mol. The van der Waals surface area contributed by atoms with Gasteiger partial charge in [-0.25, -0.2) is 0 Å². The average molecular weight is 455 g/mol. The van der Waals surface area contributed by atoms with E-state index in [-0.39, 0.29) is 16.1 Å². The lowest BCUT2D eigenvalue weighted by molar-refractivity contribution is -0.137. The Kier molecular flexibility index (Phi) is 5.71. The molecule has 0 spiro atoms. The summed E-state index contributed by atoms with van der Waals surface area (Å²) in [4.78, 5) is 26.1. The van der Waals surface area contributed by atoms with E-state index >= 15 is 0 Å². The van der Waals surface area contributed by atoms with Crippen LogP contribution in [0.5, 0.6) is 5.75 Å². The van der Waals surface area contributed by atoms with Gasteiger partial charge in [0.05, 0.1) is 18.2 Å². The van der Waals surface area contributed by atoms with E-state index in [1.165, 1.54) is 19.2 Å². The number of nitrogens with one attached hydrogen (secondary N) is 1. The van der Waals surface area contributed by atoms with E-state index in [2.05, 4.69) is 5.32 Å². The Balaban J connectivity index is 1.86. The number of benzene rings is 3. The maximum absolute atomic E-state index is 13.3. The smallest absolute Gasteiger partial charge is 0.416 e. The van der Waals surface area contributed by atoms with Gasteiger partial charge in [0.25, 0.3) is 5.91 Å². The Morgan fingerprint density at radius 1 is 0.969 bits per heavy atom. The first-order chi connectivity index (χ1) is 15.3. The molecule has 0 fully saturated rings. The van der Waals surface area contributed by atoms with Crippen LogP contribution in [0.3, 0.4) is 0 Å². The predicted octanol–water partition coefficient (Wildman–Crippen LogP) is 6.21. The number of ether oxygens (including phenoxy) is 1. The van der Waals surface area contributed by atoms with Crippen LogP contribution in [0.25, 0.3) is 21.2 Å². The molecule has 0 atom stereocenters. The third kappa shape index (κ3) is 4.22. The molecule has 8 heteroatoms. The van der Waals surface area contributed by atoms with Gasteiger partial charge in [-0.15, -0.1) is 11.3 Å². The van der Waals surface area contributed by atoms with Gasteiger partial charge >= 0.3 is 6.18 Å². The van der Waals surface area contributed by atoms with Gasteiger partial charge in [0.1, 0.15) is 10.8 Å². The highest BCUT2D eigenvalue weighted by molar-refractivity contribution is 7.22. The van der Waals surface area contributed by atoms with Crippen LogP contribution in [0.2, 0.25) is 0 Å². The molecule has 0 aliphatic carbocycles. The monoisotopic (exact) mass is 455 g/mol. The summed E-state index contributed by atoms with van der Waals surface area (Å²) in [6.07, 6.45) is -4.56. The van der Waals surface area contributed by atoms with Gasteiger partial charge < -0.3 is 10.1 Å². The number of amides is 1. The minimum absolute atomic E-state index is 0.0154. The van der Waals surface area contributed by atoms with Crippen LogP contribution in [0.15, 0.2) is 77.6 Å². The molecule has 1 N–H and O–H groups in total. The van der Waals surface area contributed by atoms with E-state index in [1.54, 1.807) is 48.5 Å². The molecule has 4 aromatic rings. The maximum atomic E-state index is 13.3. The van der Waals surface area contributed by atoms with Crippen LogP contribution in [-0.4, -0.2) is 13.0 Å². The minimum atomic E-state index is -4.56.